The average molecular weight is 414 g/mol. The van der Waals surface area contributed by atoms with E-state index in [1.54, 1.807) is 11.3 Å². The number of benzene rings is 1. The molecule has 0 N–H and O–H groups in total. The molecule has 1 saturated heterocycles. The number of aromatic nitrogens is 1. The Hall–Kier alpha value is -2.25. The lowest BCUT2D eigenvalue weighted by Gasteiger charge is -2.32. The first-order chi connectivity index (χ1) is 14.0. The summed E-state index contributed by atoms with van der Waals surface area (Å²) >= 11 is 1.65. The summed E-state index contributed by atoms with van der Waals surface area (Å²) in [6, 6.07) is 6.26. The summed E-state index contributed by atoms with van der Waals surface area (Å²) in [4.78, 5) is 33.6. The number of carbonyl (C=O) groups excluding carboxylic acids is 2. The van der Waals surface area contributed by atoms with E-state index in [1.165, 1.54) is 5.56 Å². The minimum absolute atomic E-state index is 0.102. The molecule has 2 aliphatic heterocycles. The number of likely N-dealkylation sites (tertiary alicyclic amines) is 1. The van der Waals surface area contributed by atoms with Gasteiger partial charge < -0.3 is 9.64 Å². The summed E-state index contributed by atoms with van der Waals surface area (Å²) in [7, 11) is 0. The number of fused-ring (bicyclic) bond motifs is 1. The van der Waals surface area contributed by atoms with Crippen molar-refractivity contribution in [3.63, 3.8) is 0 Å². The first-order valence-corrected chi connectivity index (χ1v) is 11.2. The largest absolute Gasteiger partial charge is 0.466 e. The van der Waals surface area contributed by atoms with E-state index in [1.807, 2.05) is 24.8 Å². The number of hydrogen-bond acceptors (Lipinski definition) is 6. The minimum atomic E-state index is -0.138. The normalized spacial score (nSPS) is 19.2. The van der Waals surface area contributed by atoms with Gasteiger partial charge in [-0.25, -0.2) is 4.98 Å². The van der Waals surface area contributed by atoms with Gasteiger partial charge in [0.1, 0.15) is 0 Å². The first-order valence-electron chi connectivity index (χ1n) is 10.3. The maximum absolute atomic E-state index is 13.0. The van der Waals surface area contributed by atoms with Crippen LogP contribution >= 0.6 is 11.3 Å². The van der Waals surface area contributed by atoms with Gasteiger partial charge in [-0.2, -0.15) is 0 Å². The Kier molecular flexibility index (Phi) is 5.96. The predicted octanol–water partition coefficient (Wildman–Crippen LogP) is 3.28. The molecule has 1 fully saturated rings. The van der Waals surface area contributed by atoms with E-state index in [2.05, 4.69) is 27.4 Å². The van der Waals surface area contributed by atoms with Crippen LogP contribution in [0.5, 0.6) is 0 Å². The lowest BCUT2D eigenvalue weighted by atomic mass is 9.98. The standard InChI is InChI=1S/C22H27N3O3S/c1-3-28-22(27)18-5-4-9-24(12-18)13-21(26)25-10-8-17-11-16(6-7-20(17)25)19-14-29-15(2)23-19/h6-7,11,14,18H,3-5,8-10,12-13H2,1-2H3. The van der Waals surface area contributed by atoms with E-state index in [-0.39, 0.29) is 17.8 Å². The van der Waals surface area contributed by atoms with Crippen molar-refractivity contribution in [3.8, 4) is 11.3 Å². The van der Waals surface area contributed by atoms with Gasteiger partial charge in [0.15, 0.2) is 0 Å². The highest BCUT2D eigenvalue weighted by Crippen LogP contribution is 2.33. The van der Waals surface area contributed by atoms with Gasteiger partial charge in [-0.05, 0) is 57.4 Å². The zero-order chi connectivity index (χ0) is 20.4. The summed E-state index contributed by atoms with van der Waals surface area (Å²) in [5.41, 5.74) is 4.31. The van der Waals surface area contributed by atoms with Crippen LogP contribution in [0.4, 0.5) is 5.69 Å². The Morgan fingerprint density at radius 3 is 2.93 bits per heavy atom. The fraction of sp³-hybridized carbons (Fsp3) is 0.500. The molecule has 2 aliphatic rings. The lowest BCUT2D eigenvalue weighted by molar-refractivity contribution is -0.150. The van der Waals surface area contributed by atoms with Crippen molar-refractivity contribution in [2.45, 2.75) is 33.1 Å². The Balaban J connectivity index is 1.41. The summed E-state index contributed by atoms with van der Waals surface area (Å²) < 4.78 is 5.16. The van der Waals surface area contributed by atoms with E-state index in [0.29, 0.717) is 26.2 Å². The van der Waals surface area contributed by atoms with Gasteiger partial charge in [-0.1, -0.05) is 6.07 Å². The molecule has 1 aromatic carbocycles. The number of ether oxygens (including phenoxy) is 1. The molecule has 3 heterocycles. The minimum Gasteiger partial charge on any atom is -0.466 e. The summed E-state index contributed by atoms with van der Waals surface area (Å²) in [6.45, 7) is 6.76. The third kappa shape index (κ3) is 4.36. The zero-order valence-corrected chi connectivity index (χ0v) is 17.8. The molecule has 0 bridgehead atoms. The number of anilines is 1. The van der Waals surface area contributed by atoms with Crippen LogP contribution in [0, 0.1) is 12.8 Å². The zero-order valence-electron chi connectivity index (χ0n) is 17.0. The van der Waals surface area contributed by atoms with Crippen molar-refractivity contribution in [2.75, 3.05) is 37.7 Å². The monoisotopic (exact) mass is 413 g/mol. The number of piperidine rings is 1. The summed E-state index contributed by atoms with van der Waals surface area (Å²) in [6.07, 6.45) is 2.63. The van der Waals surface area contributed by atoms with Crippen LogP contribution in [-0.4, -0.2) is 54.5 Å². The Bertz CT molecular complexity index is 910. The Labute approximate surface area is 175 Å². The molecule has 0 saturated carbocycles. The number of carbonyl (C=O) groups is 2. The molecule has 154 valence electrons. The highest BCUT2D eigenvalue weighted by Gasteiger charge is 2.31. The predicted molar refractivity (Wildman–Crippen MR) is 114 cm³/mol. The number of amides is 1. The Morgan fingerprint density at radius 1 is 1.31 bits per heavy atom. The number of esters is 1. The molecule has 0 aliphatic carbocycles. The van der Waals surface area contributed by atoms with E-state index < -0.39 is 0 Å². The van der Waals surface area contributed by atoms with Crippen LogP contribution in [0.15, 0.2) is 23.6 Å². The quantitative estimate of drug-likeness (QED) is 0.704. The van der Waals surface area contributed by atoms with Gasteiger partial charge in [0.05, 0.1) is 29.8 Å². The van der Waals surface area contributed by atoms with E-state index in [9.17, 15) is 9.59 Å². The smallest absolute Gasteiger partial charge is 0.310 e. The maximum atomic E-state index is 13.0. The van der Waals surface area contributed by atoms with Gasteiger partial charge in [0.2, 0.25) is 5.91 Å². The van der Waals surface area contributed by atoms with Crippen LogP contribution in [0.3, 0.4) is 0 Å². The molecule has 4 rings (SSSR count). The first kappa shape index (κ1) is 20.0. The van der Waals surface area contributed by atoms with Crippen molar-refractivity contribution < 1.29 is 14.3 Å². The van der Waals surface area contributed by atoms with Crippen molar-refractivity contribution in [3.05, 3.63) is 34.2 Å². The number of aryl methyl sites for hydroxylation is 1. The highest BCUT2D eigenvalue weighted by atomic mass is 32.1. The fourth-order valence-corrected chi connectivity index (χ4v) is 4.87. The highest BCUT2D eigenvalue weighted by molar-refractivity contribution is 7.09. The molecular weight excluding hydrogens is 386 g/mol. The van der Waals surface area contributed by atoms with E-state index in [0.717, 1.165) is 47.8 Å². The van der Waals surface area contributed by atoms with E-state index >= 15 is 0 Å². The summed E-state index contributed by atoms with van der Waals surface area (Å²) in [5, 5.41) is 3.13. The van der Waals surface area contributed by atoms with Crippen LogP contribution in [0.2, 0.25) is 0 Å². The second-order valence-corrected chi connectivity index (χ2v) is 8.78. The van der Waals surface area contributed by atoms with E-state index in [4.69, 9.17) is 4.74 Å². The molecule has 1 aromatic heterocycles. The number of thiazole rings is 1. The number of hydrogen-bond donors (Lipinski definition) is 0. The third-order valence-electron chi connectivity index (χ3n) is 5.68. The molecule has 0 spiro atoms. The number of rotatable bonds is 5. The van der Waals surface area contributed by atoms with Gasteiger partial charge in [-0.15, -0.1) is 11.3 Å². The van der Waals surface area contributed by atoms with Crippen LogP contribution in [-0.2, 0) is 20.7 Å². The molecule has 29 heavy (non-hydrogen) atoms. The molecule has 6 nitrogen and oxygen atoms in total. The van der Waals surface area contributed by atoms with Crippen LogP contribution < -0.4 is 4.90 Å². The molecule has 1 amide bonds. The molecule has 7 heteroatoms. The fourth-order valence-electron chi connectivity index (χ4n) is 4.24. The molecule has 1 unspecified atom stereocenters. The van der Waals surface area contributed by atoms with Crippen LogP contribution in [0.1, 0.15) is 30.3 Å². The maximum Gasteiger partial charge on any atom is 0.310 e. The van der Waals surface area contributed by atoms with Gasteiger partial charge in [0.25, 0.3) is 0 Å². The second kappa shape index (κ2) is 8.63. The second-order valence-electron chi connectivity index (χ2n) is 7.72. The SMILES string of the molecule is CCOC(=O)C1CCCN(CC(=O)N2CCc3cc(-c4csc(C)n4)ccc32)C1. The van der Waals surface area contributed by atoms with Gasteiger partial charge in [-0.3, -0.25) is 14.5 Å². The molecule has 2 aromatic rings. The van der Waals surface area contributed by atoms with Crippen molar-refractivity contribution >= 4 is 28.9 Å². The van der Waals surface area contributed by atoms with Crippen molar-refractivity contribution in [2.24, 2.45) is 5.92 Å². The van der Waals surface area contributed by atoms with Gasteiger partial charge >= 0.3 is 5.97 Å². The van der Waals surface area contributed by atoms with Gasteiger partial charge in [0, 0.05) is 29.7 Å². The topological polar surface area (TPSA) is 62.7 Å². The molecule has 0 radical (unpaired) electrons. The van der Waals surface area contributed by atoms with Crippen molar-refractivity contribution in [1.82, 2.24) is 9.88 Å². The number of nitrogens with zero attached hydrogens (tertiary/aromatic N) is 3. The average Bonchev–Trinajstić information content (AvgIpc) is 3.34. The summed E-state index contributed by atoms with van der Waals surface area (Å²) in [5.74, 6) is -0.155. The Morgan fingerprint density at radius 2 is 2.17 bits per heavy atom. The molecule has 1 atom stereocenters. The molecular formula is C22H27N3O3S. The van der Waals surface area contributed by atoms with Crippen molar-refractivity contribution in [1.29, 1.82) is 0 Å². The lowest BCUT2D eigenvalue weighted by Crippen LogP contribution is -2.45. The third-order valence-corrected chi connectivity index (χ3v) is 6.45. The van der Waals surface area contributed by atoms with Crippen LogP contribution in [0.25, 0.3) is 11.3 Å².